The van der Waals surface area contributed by atoms with Crippen molar-refractivity contribution in [2.75, 3.05) is 25.4 Å². The second-order valence-electron chi connectivity index (χ2n) is 9.75. The summed E-state index contributed by atoms with van der Waals surface area (Å²) in [6.07, 6.45) is 0.783. The Kier molecular flexibility index (Phi) is 5.40. The largest absolute Gasteiger partial charge is 0.444 e. The van der Waals surface area contributed by atoms with Crippen molar-refractivity contribution in [2.24, 2.45) is 0 Å². The van der Waals surface area contributed by atoms with Gasteiger partial charge in [-0.1, -0.05) is 0 Å². The highest BCUT2D eigenvalue weighted by Crippen LogP contribution is 2.35. The second-order valence-corrected chi connectivity index (χ2v) is 9.75. The van der Waals surface area contributed by atoms with Gasteiger partial charge in [-0.3, -0.25) is 9.88 Å². The molecular formula is C23H28FN7O3. The average molecular weight is 470 g/mol. The smallest absolute Gasteiger partial charge is 0.410 e. The monoisotopic (exact) mass is 469 g/mol. The lowest BCUT2D eigenvalue weighted by Gasteiger charge is -2.38. The zero-order valence-corrected chi connectivity index (χ0v) is 19.3. The van der Waals surface area contributed by atoms with Crippen molar-refractivity contribution in [2.45, 2.75) is 51.2 Å². The van der Waals surface area contributed by atoms with Crippen LogP contribution in [0.4, 0.5) is 15.0 Å². The van der Waals surface area contributed by atoms with E-state index >= 15 is 4.39 Å². The Hall–Kier alpha value is -3.31. The first-order valence-corrected chi connectivity index (χ1v) is 11.3. The highest BCUT2D eigenvalue weighted by Gasteiger charge is 2.44. The van der Waals surface area contributed by atoms with Gasteiger partial charge in [0.1, 0.15) is 29.8 Å². The highest BCUT2D eigenvalue weighted by molar-refractivity contribution is 5.73. The fraction of sp³-hybridized carbons (Fsp3) is 0.478. The fourth-order valence-electron chi connectivity index (χ4n) is 4.67. The lowest BCUT2D eigenvalue weighted by atomic mass is 9.98. The normalized spacial score (nSPS) is 23.3. The molecule has 3 aromatic heterocycles. The van der Waals surface area contributed by atoms with Crippen LogP contribution in [0.3, 0.4) is 0 Å². The molecule has 0 spiro atoms. The predicted octanol–water partition coefficient (Wildman–Crippen LogP) is 2.18. The number of anilines is 1. The number of pyridine rings is 1. The number of nitrogens with two attached hydrogens (primary N) is 1. The molecule has 3 aromatic rings. The van der Waals surface area contributed by atoms with E-state index in [9.17, 15) is 9.90 Å². The van der Waals surface area contributed by atoms with Crippen LogP contribution in [0, 0.1) is 0 Å². The van der Waals surface area contributed by atoms with Gasteiger partial charge in [-0.2, -0.15) is 5.10 Å². The van der Waals surface area contributed by atoms with Gasteiger partial charge in [0.15, 0.2) is 5.82 Å². The van der Waals surface area contributed by atoms with Crippen LogP contribution in [-0.4, -0.2) is 78.0 Å². The molecule has 180 valence electrons. The Morgan fingerprint density at radius 2 is 2.06 bits per heavy atom. The summed E-state index contributed by atoms with van der Waals surface area (Å²) in [6, 6.07) is 4.91. The van der Waals surface area contributed by atoms with Gasteiger partial charge in [0.25, 0.3) is 0 Å². The number of nitrogen functional groups attached to an aromatic ring is 1. The third kappa shape index (κ3) is 3.94. The molecule has 1 amide bonds. The van der Waals surface area contributed by atoms with Gasteiger partial charge in [-0.15, -0.1) is 0 Å². The van der Waals surface area contributed by atoms with E-state index in [1.807, 2.05) is 18.2 Å². The first kappa shape index (κ1) is 22.5. The molecular weight excluding hydrogens is 441 g/mol. The maximum atomic E-state index is 15.0. The summed E-state index contributed by atoms with van der Waals surface area (Å²) in [6.45, 7) is 5.84. The van der Waals surface area contributed by atoms with Gasteiger partial charge in [-0.25, -0.2) is 18.7 Å². The molecule has 0 aliphatic carbocycles. The lowest BCUT2D eigenvalue weighted by molar-refractivity contribution is -0.0466. The summed E-state index contributed by atoms with van der Waals surface area (Å²) in [5.41, 5.74) is 8.83. The number of alkyl halides is 1. The predicted molar refractivity (Wildman–Crippen MR) is 122 cm³/mol. The lowest BCUT2D eigenvalue weighted by Crippen LogP contribution is -2.48. The number of hydrogen-bond donors (Lipinski definition) is 2. The molecule has 0 bridgehead atoms. The van der Waals surface area contributed by atoms with Crippen molar-refractivity contribution in [3.63, 3.8) is 0 Å². The summed E-state index contributed by atoms with van der Waals surface area (Å²) >= 11 is 0. The van der Waals surface area contributed by atoms with E-state index < -0.39 is 30.1 Å². The molecule has 3 unspecified atom stereocenters. The topological polar surface area (TPSA) is 122 Å². The van der Waals surface area contributed by atoms with Gasteiger partial charge in [0.2, 0.25) is 0 Å². The molecule has 11 heteroatoms. The van der Waals surface area contributed by atoms with Gasteiger partial charge < -0.3 is 20.5 Å². The third-order valence-corrected chi connectivity index (χ3v) is 6.28. The first-order chi connectivity index (χ1) is 16.1. The average Bonchev–Trinajstić information content (AvgIpc) is 3.38. The second kappa shape index (κ2) is 8.17. The standard InChI is InChI=1S/C23H28FN7O3/c1-23(2,3)34-22(33)29-10-15(24)19(11-29)30-7-6-16-14(21(30)32)8-13(9-26-16)17-4-5-18-20(25)27-12-28-31(17)18/h4-5,8-9,12,15,19,21,32H,6-7,10-11H2,1-3H3,(H2,25,27,28). The Morgan fingerprint density at radius 1 is 1.26 bits per heavy atom. The van der Waals surface area contributed by atoms with E-state index in [4.69, 9.17) is 10.5 Å². The van der Waals surface area contributed by atoms with E-state index in [2.05, 4.69) is 15.1 Å². The molecule has 0 radical (unpaired) electrons. The van der Waals surface area contributed by atoms with Gasteiger partial charge in [0, 0.05) is 42.5 Å². The van der Waals surface area contributed by atoms with Crippen LogP contribution in [0.5, 0.6) is 0 Å². The SMILES string of the molecule is CC(C)(C)OC(=O)N1CC(F)C(N2CCc3ncc(-c4ccc5c(N)ncnn45)cc3C2O)C1. The van der Waals surface area contributed by atoms with Crippen LogP contribution >= 0.6 is 0 Å². The molecule has 3 N–H and O–H groups in total. The number of nitrogens with zero attached hydrogens (tertiary/aromatic N) is 6. The van der Waals surface area contributed by atoms with Crippen molar-refractivity contribution in [3.05, 3.63) is 42.0 Å². The molecule has 2 aliphatic rings. The van der Waals surface area contributed by atoms with E-state index in [0.717, 1.165) is 17.0 Å². The summed E-state index contributed by atoms with van der Waals surface area (Å²) in [5, 5.41) is 15.5. The Balaban J connectivity index is 1.40. The van der Waals surface area contributed by atoms with Crippen LogP contribution in [0.25, 0.3) is 16.8 Å². The summed E-state index contributed by atoms with van der Waals surface area (Å²) < 4.78 is 22.1. The number of ether oxygens (including phenoxy) is 1. The van der Waals surface area contributed by atoms with Crippen LogP contribution in [0.1, 0.15) is 38.3 Å². The zero-order chi connectivity index (χ0) is 24.2. The van der Waals surface area contributed by atoms with Crippen LogP contribution in [0.2, 0.25) is 0 Å². The number of aliphatic hydroxyl groups is 1. The number of hydrogen-bond acceptors (Lipinski definition) is 8. The van der Waals surface area contributed by atoms with Crippen LogP contribution < -0.4 is 5.73 Å². The number of halogens is 1. The first-order valence-electron chi connectivity index (χ1n) is 11.3. The zero-order valence-electron chi connectivity index (χ0n) is 19.3. The number of aromatic nitrogens is 4. The molecule has 2 aliphatic heterocycles. The van der Waals surface area contributed by atoms with Crippen molar-refractivity contribution < 1.29 is 19.0 Å². The molecule has 0 saturated carbocycles. The molecule has 5 rings (SSSR count). The molecule has 0 aromatic carbocycles. The number of carbonyl (C=O) groups excluding carboxylic acids is 1. The van der Waals surface area contributed by atoms with Gasteiger partial charge >= 0.3 is 6.09 Å². The van der Waals surface area contributed by atoms with Crippen LogP contribution in [-0.2, 0) is 11.2 Å². The van der Waals surface area contributed by atoms with E-state index in [0.29, 0.717) is 29.9 Å². The minimum absolute atomic E-state index is 0.0643. The van der Waals surface area contributed by atoms with E-state index in [-0.39, 0.29) is 13.1 Å². The summed E-state index contributed by atoms with van der Waals surface area (Å²) in [4.78, 5) is 24.1. The van der Waals surface area contributed by atoms with E-state index in [1.54, 1.807) is 36.4 Å². The molecule has 1 saturated heterocycles. The number of carbonyl (C=O) groups is 1. The number of fused-ring (bicyclic) bond motifs is 2. The van der Waals surface area contributed by atoms with Gasteiger partial charge in [-0.05, 0) is 39.0 Å². The van der Waals surface area contributed by atoms with Crippen molar-refractivity contribution >= 4 is 17.4 Å². The van der Waals surface area contributed by atoms with Crippen LogP contribution in [0.15, 0.2) is 30.7 Å². The van der Waals surface area contributed by atoms with Crippen molar-refractivity contribution in [1.29, 1.82) is 0 Å². The Labute approximate surface area is 196 Å². The molecule has 10 nitrogen and oxygen atoms in total. The molecule has 1 fully saturated rings. The summed E-state index contributed by atoms with van der Waals surface area (Å²) in [7, 11) is 0. The molecule has 34 heavy (non-hydrogen) atoms. The number of amides is 1. The third-order valence-electron chi connectivity index (χ3n) is 6.28. The minimum Gasteiger partial charge on any atom is -0.444 e. The Bertz CT molecular complexity index is 1240. The number of rotatable bonds is 2. The van der Waals surface area contributed by atoms with Crippen molar-refractivity contribution in [1.82, 2.24) is 29.4 Å². The Morgan fingerprint density at radius 3 is 2.82 bits per heavy atom. The van der Waals surface area contributed by atoms with E-state index in [1.165, 1.54) is 11.2 Å². The summed E-state index contributed by atoms with van der Waals surface area (Å²) in [5.74, 6) is 0.364. The maximum Gasteiger partial charge on any atom is 0.410 e. The van der Waals surface area contributed by atoms with Gasteiger partial charge in [0.05, 0.1) is 18.3 Å². The minimum atomic E-state index is -1.30. The number of likely N-dealkylation sites (tertiary alicyclic amines) is 1. The fourth-order valence-corrected chi connectivity index (χ4v) is 4.67. The quantitative estimate of drug-likeness (QED) is 0.586. The molecule has 3 atom stereocenters. The molecule has 5 heterocycles. The number of aliphatic hydroxyl groups excluding tert-OH is 1. The highest BCUT2D eigenvalue weighted by atomic mass is 19.1. The maximum absolute atomic E-state index is 15.0. The van der Waals surface area contributed by atoms with Crippen molar-refractivity contribution in [3.8, 4) is 11.3 Å².